The number of nitrogens with one attached hydrogen (secondary N) is 2. The highest BCUT2D eigenvalue weighted by Gasteiger charge is 2.08. The van der Waals surface area contributed by atoms with Gasteiger partial charge in [0.25, 0.3) is 5.56 Å². The Kier molecular flexibility index (Phi) is 4.76. The zero-order valence-corrected chi connectivity index (χ0v) is 16.6. The van der Waals surface area contributed by atoms with E-state index >= 15 is 0 Å². The lowest BCUT2D eigenvalue weighted by molar-refractivity contribution is -0.116. The van der Waals surface area contributed by atoms with Gasteiger partial charge in [0.1, 0.15) is 5.82 Å². The predicted octanol–water partition coefficient (Wildman–Crippen LogP) is 3.97. The van der Waals surface area contributed by atoms with Crippen LogP contribution in [0.3, 0.4) is 0 Å². The molecule has 5 rings (SSSR count). The third-order valence-corrected chi connectivity index (χ3v) is 5.14. The molecule has 152 valence electrons. The van der Waals surface area contributed by atoms with Crippen LogP contribution in [0.15, 0.2) is 83.9 Å². The highest BCUT2D eigenvalue weighted by molar-refractivity contribution is 5.91. The number of fused-ring (bicyclic) bond motifs is 2. The van der Waals surface area contributed by atoms with E-state index < -0.39 is 0 Å². The summed E-state index contributed by atoms with van der Waals surface area (Å²) in [5, 5.41) is 3.42. The molecule has 0 unspecified atom stereocenters. The standard InChI is InChI=1S/C24H19N5O2/c30-22(13-14-29-15-25-19-6-2-1-5-18(19)24(29)31)26-17-11-9-16(10-12-17)23-27-20-7-3-4-8-21(20)28-23/h1-12,15H,13-14H2,(H,26,30)(H,27,28). The molecule has 0 saturated carbocycles. The summed E-state index contributed by atoms with van der Waals surface area (Å²) >= 11 is 0. The molecule has 0 bridgehead atoms. The van der Waals surface area contributed by atoms with Gasteiger partial charge in [-0.3, -0.25) is 14.2 Å². The van der Waals surface area contributed by atoms with E-state index in [0.717, 1.165) is 22.4 Å². The van der Waals surface area contributed by atoms with Crippen LogP contribution < -0.4 is 10.9 Å². The van der Waals surface area contributed by atoms with Crippen LogP contribution >= 0.6 is 0 Å². The molecule has 3 aromatic carbocycles. The first-order valence-electron chi connectivity index (χ1n) is 9.96. The Balaban J connectivity index is 1.24. The third-order valence-electron chi connectivity index (χ3n) is 5.14. The second kappa shape index (κ2) is 7.87. The van der Waals surface area contributed by atoms with E-state index in [1.807, 2.05) is 54.6 Å². The molecule has 5 aromatic rings. The summed E-state index contributed by atoms with van der Waals surface area (Å²) in [4.78, 5) is 37.0. The number of H-pyrrole nitrogens is 1. The Labute approximate surface area is 177 Å². The normalized spacial score (nSPS) is 11.1. The van der Waals surface area contributed by atoms with Gasteiger partial charge in [-0.25, -0.2) is 9.97 Å². The number of aryl methyl sites for hydroxylation is 1. The van der Waals surface area contributed by atoms with Gasteiger partial charge in [-0.2, -0.15) is 0 Å². The van der Waals surface area contributed by atoms with Crippen molar-refractivity contribution in [1.82, 2.24) is 19.5 Å². The Morgan fingerprint density at radius 3 is 2.48 bits per heavy atom. The fourth-order valence-corrected chi connectivity index (χ4v) is 3.51. The summed E-state index contributed by atoms with van der Waals surface area (Å²) in [6.07, 6.45) is 1.66. The molecular weight excluding hydrogens is 390 g/mol. The number of nitrogens with zero attached hydrogens (tertiary/aromatic N) is 3. The van der Waals surface area contributed by atoms with Crippen LogP contribution in [-0.2, 0) is 11.3 Å². The maximum Gasteiger partial charge on any atom is 0.261 e. The van der Waals surface area contributed by atoms with Crippen molar-refractivity contribution in [2.45, 2.75) is 13.0 Å². The van der Waals surface area contributed by atoms with Crippen molar-refractivity contribution < 1.29 is 4.79 Å². The second-order valence-corrected chi connectivity index (χ2v) is 7.24. The van der Waals surface area contributed by atoms with Gasteiger partial charge in [0.05, 0.1) is 28.3 Å². The van der Waals surface area contributed by atoms with Crippen LogP contribution in [0.25, 0.3) is 33.3 Å². The quantitative estimate of drug-likeness (QED) is 0.459. The lowest BCUT2D eigenvalue weighted by Crippen LogP contribution is -2.23. The van der Waals surface area contributed by atoms with E-state index in [1.165, 1.54) is 10.9 Å². The maximum absolute atomic E-state index is 12.5. The molecule has 2 aromatic heterocycles. The zero-order valence-electron chi connectivity index (χ0n) is 16.6. The maximum atomic E-state index is 12.5. The molecular formula is C24H19N5O2. The third kappa shape index (κ3) is 3.81. The summed E-state index contributed by atoms with van der Waals surface area (Å²) in [5.74, 6) is 0.610. The van der Waals surface area contributed by atoms with Crippen molar-refractivity contribution in [1.29, 1.82) is 0 Å². The minimum absolute atomic E-state index is 0.145. The monoisotopic (exact) mass is 409 g/mol. The number of amides is 1. The number of hydrogen-bond acceptors (Lipinski definition) is 4. The van der Waals surface area contributed by atoms with Gasteiger partial charge in [0.15, 0.2) is 0 Å². The molecule has 1 amide bonds. The molecule has 0 aliphatic rings. The van der Waals surface area contributed by atoms with E-state index in [2.05, 4.69) is 20.3 Å². The van der Waals surface area contributed by atoms with Crippen LogP contribution in [0.5, 0.6) is 0 Å². The average Bonchev–Trinajstić information content (AvgIpc) is 3.24. The second-order valence-electron chi connectivity index (χ2n) is 7.24. The molecule has 0 radical (unpaired) electrons. The number of rotatable bonds is 5. The van der Waals surface area contributed by atoms with Gasteiger partial charge in [-0.05, 0) is 48.5 Å². The number of carbonyl (C=O) groups excluding carboxylic acids is 1. The van der Waals surface area contributed by atoms with E-state index in [4.69, 9.17) is 0 Å². The smallest absolute Gasteiger partial charge is 0.261 e. The average molecular weight is 409 g/mol. The zero-order chi connectivity index (χ0) is 21.2. The topological polar surface area (TPSA) is 92.7 Å². The molecule has 0 saturated heterocycles. The van der Waals surface area contributed by atoms with Crippen LogP contribution in [0.1, 0.15) is 6.42 Å². The molecule has 2 heterocycles. The number of benzene rings is 3. The molecule has 2 N–H and O–H groups in total. The van der Waals surface area contributed by atoms with Crippen molar-refractivity contribution in [3.05, 3.63) is 89.5 Å². The first-order valence-corrected chi connectivity index (χ1v) is 9.96. The number of hydrogen-bond donors (Lipinski definition) is 2. The number of para-hydroxylation sites is 3. The van der Waals surface area contributed by atoms with E-state index in [-0.39, 0.29) is 24.4 Å². The lowest BCUT2D eigenvalue weighted by atomic mass is 10.2. The van der Waals surface area contributed by atoms with Crippen LogP contribution in [0, 0.1) is 0 Å². The number of aromatic nitrogens is 4. The minimum Gasteiger partial charge on any atom is -0.338 e. The van der Waals surface area contributed by atoms with Crippen molar-refractivity contribution in [3.63, 3.8) is 0 Å². The van der Waals surface area contributed by atoms with Crippen LogP contribution in [0.2, 0.25) is 0 Å². The SMILES string of the molecule is O=C(CCn1cnc2ccccc2c1=O)Nc1ccc(-c2nc3ccccc3[nH]2)cc1. The summed E-state index contributed by atoms with van der Waals surface area (Å²) < 4.78 is 1.46. The Morgan fingerprint density at radius 2 is 1.68 bits per heavy atom. The van der Waals surface area contributed by atoms with E-state index in [0.29, 0.717) is 16.6 Å². The molecule has 7 nitrogen and oxygen atoms in total. The molecule has 0 spiro atoms. The molecule has 31 heavy (non-hydrogen) atoms. The first-order chi connectivity index (χ1) is 15.2. The highest BCUT2D eigenvalue weighted by atomic mass is 16.1. The summed E-state index contributed by atoms with van der Waals surface area (Å²) in [6.45, 7) is 0.263. The Morgan fingerprint density at radius 1 is 0.935 bits per heavy atom. The van der Waals surface area contributed by atoms with Gasteiger partial charge >= 0.3 is 0 Å². The van der Waals surface area contributed by atoms with Crippen molar-refractivity contribution in [3.8, 4) is 11.4 Å². The Hall–Kier alpha value is -4.26. The van der Waals surface area contributed by atoms with E-state index in [9.17, 15) is 9.59 Å². The van der Waals surface area contributed by atoms with Crippen molar-refractivity contribution >= 4 is 33.5 Å². The first kappa shape index (κ1) is 18.7. The molecule has 7 heteroatoms. The fraction of sp³-hybridized carbons (Fsp3) is 0.0833. The van der Waals surface area contributed by atoms with Gasteiger partial charge in [-0.15, -0.1) is 0 Å². The summed E-state index contributed by atoms with van der Waals surface area (Å²) in [6, 6.07) is 22.5. The number of imidazole rings is 1. The van der Waals surface area contributed by atoms with Gasteiger partial charge in [0, 0.05) is 24.2 Å². The molecule has 0 fully saturated rings. The van der Waals surface area contributed by atoms with Gasteiger partial charge in [0.2, 0.25) is 5.91 Å². The van der Waals surface area contributed by atoms with Crippen LogP contribution in [-0.4, -0.2) is 25.4 Å². The predicted molar refractivity (Wildman–Crippen MR) is 121 cm³/mol. The molecule has 0 aliphatic carbocycles. The number of anilines is 1. The molecule has 0 atom stereocenters. The van der Waals surface area contributed by atoms with Gasteiger partial charge in [-0.1, -0.05) is 24.3 Å². The van der Waals surface area contributed by atoms with Gasteiger partial charge < -0.3 is 10.3 Å². The lowest BCUT2D eigenvalue weighted by Gasteiger charge is -2.08. The van der Waals surface area contributed by atoms with E-state index in [1.54, 1.807) is 18.2 Å². The summed E-state index contributed by atoms with van der Waals surface area (Å²) in [7, 11) is 0. The van der Waals surface area contributed by atoms with Crippen molar-refractivity contribution in [2.24, 2.45) is 0 Å². The Bertz CT molecular complexity index is 1420. The fourth-order valence-electron chi connectivity index (χ4n) is 3.51. The highest BCUT2D eigenvalue weighted by Crippen LogP contribution is 2.22. The number of carbonyl (C=O) groups is 1. The van der Waals surface area contributed by atoms with Crippen LogP contribution in [0.4, 0.5) is 5.69 Å². The molecule has 0 aliphatic heterocycles. The van der Waals surface area contributed by atoms with Crippen molar-refractivity contribution in [2.75, 3.05) is 5.32 Å². The minimum atomic E-state index is -0.170. The summed E-state index contributed by atoms with van der Waals surface area (Å²) in [5.41, 5.74) is 4.02. The largest absolute Gasteiger partial charge is 0.338 e. The number of aromatic amines is 1.